The maximum absolute atomic E-state index is 11.9. The Kier molecular flexibility index (Phi) is 4.34. The first-order valence-electron chi connectivity index (χ1n) is 6.87. The maximum atomic E-state index is 11.9. The van der Waals surface area contributed by atoms with Crippen LogP contribution in [-0.4, -0.2) is 32.7 Å². The number of benzene rings is 1. The summed E-state index contributed by atoms with van der Waals surface area (Å²) in [7, 11) is 0. The summed E-state index contributed by atoms with van der Waals surface area (Å²) in [4.78, 5) is 38.7. The fraction of sp³-hybridized carbons (Fsp3) is 0.133. The van der Waals surface area contributed by atoms with E-state index >= 15 is 0 Å². The fourth-order valence-corrected chi connectivity index (χ4v) is 2.78. The Bertz CT molecular complexity index is 884. The summed E-state index contributed by atoms with van der Waals surface area (Å²) in [6.45, 7) is -0.418. The molecule has 0 aliphatic heterocycles. The van der Waals surface area contributed by atoms with Crippen LogP contribution in [0.3, 0.4) is 0 Å². The van der Waals surface area contributed by atoms with Crippen molar-refractivity contribution < 1.29 is 19.2 Å². The summed E-state index contributed by atoms with van der Waals surface area (Å²) in [5.74, 6) is -0.986. The monoisotopic (exact) mass is 345 g/mol. The number of nitrogens with zero attached hydrogens (tertiary/aromatic N) is 3. The highest BCUT2D eigenvalue weighted by molar-refractivity contribution is 7.15. The molecule has 0 bridgehead atoms. The molecule has 0 aliphatic rings. The molecule has 0 atom stereocenters. The van der Waals surface area contributed by atoms with E-state index in [1.54, 1.807) is 10.6 Å². The van der Waals surface area contributed by atoms with Gasteiger partial charge in [-0.15, -0.1) is 11.3 Å². The summed E-state index contributed by atoms with van der Waals surface area (Å²) < 4.78 is 6.75. The lowest BCUT2D eigenvalue weighted by Crippen LogP contribution is -2.15. The van der Waals surface area contributed by atoms with Crippen LogP contribution in [0.4, 0.5) is 5.69 Å². The minimum atomic E-state index is -0.559. The second kappa shape index (κ2) is 6.59. The Morgan fingerprint density at radius 2 is 2.04 bits per heavy atom. The Balaban J connectivity index is 1.54. The average molecular weight is 345 g/mol. The number of ether oxygens (including phenoxy) is 1. The molecule has 3 aromatic rings. The lowest BCUT2D eigenvalue weighted by molar-refractivity contribution is -0.384. The first-order chi connectivity index (χ1) is 11.5. The summed E-state index contributed by atoms with van der Waals surface area (Å²) in [6, 6.07) is 5.12. The van der Waals surface area contributed by atoms with Gasteiger partial charge in [-0.1, -0.05) is 0 Å². The quantitative estimate of drug-likeness (QED) is 0.294. The highest BCUT2D eigenvalue weighted by atomic mass is 32.1. The van der Waals surface area contributed by atoms with E-state index in [9.17, 15) is 19.7 Å². The van der Waals surface area contributed by atoms with Gasteiger partial charge in [0.2, 0.25) is 0 Å². The van der Waals surface area contributed by atoms with Gasteiger partial charge in [0.1, 0.15) is 0 Å². The van der Waals surface area contributed by atoms with Crippen LogP contribution in [0.5, 0.6) is 0 Å². The van der Waals surface area contributed by atoms with E-state index < -0.39 is 23.3 Å². The van der Waals surface area contributed by atoms with E-state index in [0.717, 1.165) is 4.96 Å². The second-order valence-corrected chi connectivity index (χ2v) is 5.76. The number of aromatic nitrogens is 2. The van der Waals surface area contributed by atoms with Crippen molar-refractivity contribution >= 4 is 33.7 Å². The number of carbonyl (C=O) groups is 2. The molecule has 0 amide bonds. The highest BCUT2D eigenvalue weighted by Crippen LogP contribution is 2.13. The van der Waals surface area contributed by atoms with Crippen molar-refractivity contribution in [2.75, 3.05) is 6.61 Å². The van der Waals surface area contributed by atoms with E-state index in [-0.39, 0.29) is 17.7 Å². The van der Waals surface area contributed by atoms with Crippen molar-refractivity contribution in [3.8, 4) is 0 Å². The topological polar surface area (TPSA) is 104 Å². The van der Waals surface area contributed by atoms with Gasteiger partial charge >= 0.3 is 5.97 Å². The highest BCUT2D eigenvalue weighted by Gasteiger charge is 2.14. The molecule has 0 saturated carbocycles. The van der Waals surface area contributed by atoms with Crippen LogP contribution in [-0.2, 0) is 16.0 Å². The average Bonchev–Trinajstić information content (AvgIpc) is 3.14. The molecule has 0 fully saturated rings. The smallest absolute Gasteiger partial charge is 0.312 e. The third-order valence-corrected chi connectivity index (χ3v) is 4.00. The van der Waals surface area contributed by atoms with Crippen molar-refractivity contribution in [3.63, 3.8) is 0 Å². The van der Waals surface area contributed by atoms with Gasteiger partial charge in [0.25, 0.3) is 5.69 Å². The number of fused-ring (bicyclic) bond motifs is 1. The summed E-state index contributed by atoms with van der Waals surface area (Å²) >= 11 is 1.45. The number of hydrogen-bond donors (Lipinski definition) is 0. The van der Waals surface area contributed by atoms with Crippen LogP contribution >= 0.6 is 11.3 Å². The van der Waals surface area contributed by atoms with Gasteiger partial charge in [0, 0.05) is 35.5 Å². The Morgan fingerprint density at radius 3 is 2.71 bits per heavy atom. The molecule has 122 valence electrons. The molecule has 0 radical (unpaired) electrons. The van der Waals surface area contributed by atoms with Crippen LogP contribution in [0.1, 0.15) is 16.1 Å². The predicted octanol–water partition coefficient (Wildman–Crippen LogP) is 2.27. The lowest BCUT2D eigenvalue weighted by atomic mass is 10.1. The normalized spacial score (nSPS) is 10.7. The molecular weight excluding hydrogens is 334 g/mol. The molecule has 1 aromatic carbocycles. The van der Waals surface area contributed by atoms with E-state index in [1.807, 2.05) is 11.6 Å². The Labute approximate surface area is 139 Å². The lowest BCUT2D eigenvalue weighted by Gasteiger charge is -2.03. The number of carbonyl (C=O) groups excluding carboxylic acids is 2. The summed E-state index contributed by atoms with van der Waals surface area (Å²) in [5, 5.41) is 12.4. The van der Waals surface area contributed by atoms with Gasteiger partial charge in [-0.25, -0.2) is 4.98 Å². The molecular formula is C15H11N3O5S. The van der Waals surface area contributed by atoms with Crippen LogP contribution < -0.4 is 0 Å². The zero-order chi connectivity index (χ0) is 17.1. The van der Waals surface area contributed by atoms with Gasteiger partial charge in [0.15, 0.2) is 17.4 Å². The van der Waals surface area contributed by atoms with Gasteiger partial charge in [-0.05, 0) is 12.1 Å². The van der Waals surface area contributed by atoms with E-state index in [2.05, 4.69) is 4.98 Å². The first kappa shape index (κ1) is 15.8. The van der Waals surface area contributed by atoms with Crippen molar-refractivity contribution in [1.82, 2.24) is 9.38 Å². The first-order valence-corrected chi connectivity index (χ1v) is 7.75. The molecule has 3 rings (SSSR count). The number of thiazole rings is 1. The van der Waals surface area contributed by atoms with Crippen molar-refractivity contribution in [2.24, 2.45) is 0 Å². The standard InChI is InChI=1S/C15H11N3O5S/c19-13(10-1-3-12(4-2-10)18(21)22)9-23-14(20)7-11-8-17-5-6-24-15(17)16-11/h1-6,8H,7,9H2. The third kappa shape index (κ3) is 3.46. The Hall–Kier alpha value is -3.07. The number of Topliss-reactive ketones (excluding diaryl/α,β-unsaturated/α-hetero) is 1. The van der Waals surface area contributed by atoms with E-state index in [0.29, 0.717) is 5.69 Å². The van der Waals surface area contributed by atoms with Gasteiger partial charge < -0.3 is 4.74 Å². The number of esters is 1. The van der Waals surface area contributed by atoms with Crippen molar-refractivity contribution in [2.45, 2.75) is 6.42 Å². The second-order valence-electron chi connectivity index (χ2n) is 4.89. The molecule has 0 saturated heterocycles. The number of ketones is 1. The zero-order valence-electron chi connectivity index (χ0n) is 12.2. The third-order valence-electron chi connectivity index (χ3n) is 3.23. The van der Waals surface area contributed by atoms with Crippen molar-refractivity contribution in [1.29, 1.82) is 0 Å². The maximum Gasteiger partial charge on any atom is 0.312 e. The molecule has 8 nitrogen and oxygen atoms in total. The number of rotatable bonds is 6. The molecule has 2 aromatic heterocycles. The summed E-state index contributed by atoms with van der Waals surface area (Å²) in [5.41, 5.74) is 0.703. The molecule has 9 heteroatoms. The number of non-ortho nitro benzene ring substituents is 1. The molecule has 0 spiro atoms. The fourth-order valence-electron chi connectivity index (χ4n) is 2.06. The van der Waals surface area contributed by atoms with Gasteiger partial charge in [0.05, 0.1) is 17.0 Å². The zero-order valence-corrected chi connectivity index (χ0v) is 13.1. The molecule has 0 N–H and O–H groups in total. The van der Waals surface area contributed by atoms with Crippen LogP contribution in [0.2, 0.25) is 0 Å². The summed E-state index contributed by atoms with van der Waals surface area (Å²) in [6.07, 6.45) is 3.53. The van der Waals surface area contributed by atoms with Gasteiger partial charge in [-0.3, -0.25) is 24.1 Å². The predicted molar refractivity (Wildman–Crippen MR) is 85.2 cm³/mol. The number of nitro benzene ring substituents is 1. The molecule has 0 aliphatic carbocycles. The largest absolute Gasteiger partial charge is 0.457 e. The van der Waals surface area contributed by atoms with E-state index in [4.69, 9.17) is 4.74 Å². The van der Waals surface area contributed by atoms with Crippen LogP contribution in [0.25, 0.3) is 4.96 Å². The SMILES string of the molecule is O=C(Cc1cn2ccsc2n1)OCC(=O)c1ccc([N+](=O)[O-])cc1. The van der Waals surface area contributed by atoms with Crippen LogP contribution in [0.15, 0.2) is 42.0 Å². The minimum absolute atomic E-state index is 0.0259. The van der Waals surface area contributed by atoms with Gasteiger partial charge in [-0.2, -0.15) is 0 Å². The van der Waals surface area contributed by atoms with Crippen LogP contribution in [0, 0.1) is 10.1 Å². The van der Waals surface area contributed by atoms with E-state index in [1.165, 1.54) is 35.6 Å². The molecule has 0 unspecified atom stereocenters. The number of imidazole rings is 1. The van der Waals surface area contributed by atoms with Crippen molar-refractivity contribution in [3.05, 3.63) is 63.4 Å². The minimum Gasteiger partial charge on any atom is -0.457 e. The molecule has 24 heavy (non-hydrogen) atoms. The molecule has 2 heterocycles. The number of nitro groups is 1. The Morgan fingerprint density at radius 1 is 1.29 bits per heavy atom. The number of hydrogen-bond acceptors (Lipinski definition) is 7.